The molecule has 2 aliphatic rings. The molecule has 5 nitrogen and oxygen atoms in total. The van der Waals surface area contributed by atoms with Crippen molar-refractivity contribution in [1.82, 2.24) is 9.80 Å². The molecule has 0 bridgehead atoms. The largest absolute Gasteiger partial charge is 0.370 e. The fourth-order valence-corrected chi connectivity index (χ4v) is 3.94. The number of carbonyl (C=O) groups is 1. The van der Waals surface area contributed by atoms with Gasteiger partial charge in [-0.15, -0.1) is 35.3 Å². The number of thiophene rings is 1. The van der Waals surface area contributed by atoms with Gasteiger partial charge in [-0.2, -0.15) is 0 Å². The Labute approximate surface area is 158 Å². The number of halogens is 1. The van der Waals surface area contributed by atoms with E-state index in [0.717, 1.165) is 44.8 Å². The van der Waals surface area contributed by atoms with Gasteiger partial charge in [0.25, 0.3) is 0 Å². The third-order valence-electron chi connectivity index (χ3n) is 4.64. The molecule has 1 aromatic rings. The van der Waals surface area contributed by atoms with Crippen LogP contribution in [0.3, 0.4) is 0 Å². The van der Waals surface area contributed by atoms with Gasteiger partial charge in [0.2, 0.25) is 5.91 Å². The van der Waals surface area contributed by atoms with Crippen molar-refractivity contribution in [2.45, 2.75) is 32.7 Å². The van der Waals surface area contributed by atoms with E-state index in [1.807, 2.05) is 4.90 Å². The minimum absolute atomic E-state index is 0. The first kappa shape index (κ1) is 18.5. The van der Waals surface area contributed by atoms with Gasteiger partial charge in [-0.25, -0.2) is 4.99 Å². The molecule has 0 radical (unpaired) electrons. The Morgan fingerprint density at radius 2 is 2.09 bits per heavy atom. The van der Waals surface area contributed by atoms with E-state index in [9.17, 15) is 4.79 Å². The lowest BCUT2D eigenvalue weighted by Crippen LogP contribution is -2.43. The topological polar surface area (TPSA) is 61.9 Å². The number of amides is 1. The van der Waals surface area contributed by atoms with Crippen LogP contribution in [0.2, 0.25) is 0 Å². The number of guanidine groups is 1. The molecule has 128 valence electrons. The first-order valence-corrected chi connectivity index (χ1v) is 8.89. The molecule has 1 saturated heterocycles. The number of rotatable bonds is 2. The number of hydrogen-bond donors (Lipinski definition) is 1. The van der Waals surface area contributed by atoms with Crippen LogP contribution in [-0.2, 0) is 17.8 Å². The number of aliphatic imine (C=N–C) groups is 1. The Hall–Kier alpha value is -0.830. The lowest BCUT2D eigenvalue weighted by Gasteiger charge is -2.31. The van der Waals surface area contributed by atoms with Gasteiger partial charge in [0.05, 0.1) is 0 Å². The van der Waals surface area contributed by atoms with E-state index in [1.165, 1.54) is 10.4 Å². The van der Waals surface area contributed by atoms with E-state index in [0.29, 0.717) is 12.5 Å². The SMILES string of the molecule is CC1CCN(C(N)=NCC(=O)N2CCc3sccc3C2)CC1.I. The maximum absolute atomic E-state index is 12.3. The molecule has 3 rings (SSSR count). The van der Waals surface area contributed by atoms with Gasteiger partial charge in [0.15, 0.2) is 5.96 Å². The number of nitrogens with zero attached hydrogens (tertiary/aromatic N) is 3. The van der Waals surface area contributed by atoms with Gasteiger partial charge in [-0.05, 0) is 42.2 Å². The number of nitrogens with two attached hydrogens (primary N) is 1. The van der Waals surface area contributed by atoms with Crippen molar-refractivity contribution >= 4 is 47.2 Å². The molecule has 0 aliphatic carbocycles. The van der Waals surface area contributed by atoms with Crippen LogP contribution in [0.15, 0.2) is 16.4 Å². The highest BCUT2D eigenvalue weighted by Crippen LogP contribution is 2.24. The number of carbonyl (C=O) groups excluding carboxylic acids is 1. The summed E-state index contributed by atoms with van der Waals surface area (Å²) in [5.41, 5.74) is 7.32. The van der Waals surface area contributed by atoms with Crippen molar-refractivity contribution in [3.8, 4) is 0 Å². The minimum Gasteiger partial charge on any atom is -0.370 e. The number of hydrogen-bond acceptors (Lipinski definition) is 3. The fourth-order valence-electron chi connectivity index (χ4n) is 3.05. The van der Waals surface area contributed by atoms with Crippen LogP contribution >= 0.6 is 35.3 Å². The second-order valence-electron chi connectivity index (χ2n) is 6.28. The van der Waals surface area contributed by atoms with Gasteiger partial charge < -0.3 is 15.5 Å². The third-order valence-corrected chi connectivity index (χ3v) is 5.67. The van der Waals surface area contributed by atoms with Crippen molar-refractivity contribution < 1.29 is 4.79 Å². The van der Waals surface area contributed by atoms with E-state index in [2.05, 4.69) is 28.3 Å². The van der Waals surface area contributed by atoms with Crippen LogP contribution in [-0.4, -0.2) is 47.8 Å². The Morgan fingerprint density at radius 3 is 2.83 bits per heavy atom. The molecule has 0 aromatic carbocycles. The van der Waals surface area contributed by atoms with Gasteiger partial charge in [-0.3, -0.25) is 4.79 Å². The molecule has 3 heterocycles. The third kappa shape index (κ3) is 4.59. The highest BCUT2D eigenvalue weighted by Gasteiger charge is 2.22. The summed E-state index contributed by atoms with van der Waals surface area (Å²) in [6.07, 6.45) is 3.26. The van der Waals surface area contributed by atoms with Crippen molar-refractivity contribution in [3.63, 3.8) is 0 Å². The van der Waals surface area contributed by atoms with Gasteiger partial charge in [-0.1, -0.05) is 6.92 Å². The molecule has 1 aromatic heterocycles. The van der Waals surface area contributed by atoms with Gasteiger partial charge in [0.1, 0.15) is 6.54 Å². The molecule has 2 aliphatic heterocycles. The molecule has 23 heavy (non-hydrogen) atoms. The summed E-state index contributed by atoms with van der Waals surface area (Å²) in [5.74, 6) is 1.36. The average molecular weight is 448 g/mol. The quantitative estimate of drug-likeness (QED) is 0.429. The average Bonchev–Trinajstić information content (AvgIpc) is 3.00. The Kier molecular flexibility index (Phi) is 6.70. The van der Waals surface area contributed by atoms with Crippen LogP contribution in [0, 0.1) is 5.92 Å². The molecule has 0 saturated carbocycles. The van der Waals surface area contributed by atoms with E-state index in [1.54, 1.807) is 11.3 Å². The van der Waals surface area contributed by atoms with E-state index < -0.39 is 0 Å². The van der Waals surface area contributed by atoms with E-state index in [4.69, 9.17) is 5.73 Å². The first-order chi connectivity index (χ1) is 10.6. The zero-order valence-corrected chi connectivity index (χ0v) is 16.7. The van der Waals surface area contributed by atoms with Crippen LogP contribution in [0.25, 0.3) is 0 Å². The summed E-state index contributed by atoms with van der Waals surface area (Å²) in [5, 5.41) is 2.10. The number of piperidine rings is 1. The second kappa shape index (κ2) is 8.32. The predicted octanol–water partition coefficient (Wildman–Crippen LogP) is 2.30. The molecule has 0 unspecified atom stereocenters. The molecule has 0 spiro atoms. The van der Waals surface area contributed by atoms with E-state index >= 15 is 0 Å². The fraction of sp³-hybridized carbons (Fsp3) is 0.625. The molecule has 2 N–H and O–H groups in total. The van der Waals surface area contributed by atoms with Crippen LogP contribution in [0.1, 0.15) is 30.2 Å². The summed E-state index contributed by atoms with van der Waals surface area (Å²) in [6, 6.07) is 2.12. The summed E-state index contributed by atoms with van der Waals surface area (Å²) in [4.78, 5) is 22.0. The molecular formula is C16H25IN4OS. The lowest BCUT2D eigenvalue weighted by atomic mass is 10.00. The van der Waals surface area contributed by atoms with Gasteiger partial charge >= 0.3 is 0 Å². The first-order valence-electron chi connectivity index (χ1n) is 8.01. The standard InChI is InChI=1S/C16H24N4OS.HI/c1-12-2-6-19(7-3-12)16(17)18-10-15(21)20-8-4-14-13(11-20)5-9-22-14;/h5,9,12H,2-4,6-8,10-11H2,1H3,(H2,17,18);1H. The number of fused-ring (bicyclic) bond motifs is 1. The zero-order chi connectivity index (χ0) is 15.5. The van der Waals surface area contributed by atoms with Crippen molar-refractivity contribution in [2.75, 3.05) is 26.2 Å². The summed E-state index contributed by atoms with van der Waals surface area (Å²) in [6.45, 7) is 5.84. The minimum atomic E-state index is 0. The van der Waals surface area contributed by atoms with Crippen LogP contribution < -0.4 is 5.73 Å². The summed E-state index contributed by atoms with van der Waals surface area (Å²) >= 11 is 1.78. The Bertz CT molecular complexity index is 566. The smallest absolute Gasteiger partial charge is 0.244 e. The van der Waals surface area contributed by atoms with Crippen LogP contribution in [0.4, 0.5) is 0 Å². The predicted molar refractivity (Wildman–Crippen MR) is 105 cm³/mol. The van der Waals surface area contributed by atoms with Crippen molar-refractivity contribution in [2.24, 2.45) is 16.6 Å². The highest BCUT2D eigenvalue weighted by atomic mass is 127. The molecule has 0 atom stereocenters. The highest BCUT2D eigenvalue weighted by molar-refractivity contribution is 14.0. The summed E-state index contributed by atoms with van der Waals surface area (Å²) in [7, 11) is 0. The normalized spacial score (nSPS) is 19.3. The monoisotopic (exact) mass is 448 g/mol. The van der Waals surface area contributed by atoms with Crippen LogP contribution in [0.5, 0.6) is 0 Å². The molecular weight excluding hydrogens is 423 g/mol. The molecule has 1 fully saturated rings. The van der Waals surface area contributed by atoms with Gasteiger partial charge in [0, 0.05) is 31.1 Å². The maximum atomic E-state index is 12.3. The number of likely N-dealkylation sites (tertiary alicyclic amines) is 1. The second-order valence-corrected chi connectivity index (χ2v) is 7.28. The maximum Gasteiger partial charge on any atom is 0.244 e. The molecule has 1 amide bonds. The van der Waals surface area contributed by atoms with E-state index in [-0.39, 0.29) is 36.4 Å². The Balaban J connectivity index is 0.00000192. The lowest BCUT2D eigenvalue weighted by molar-refractivity contribution is -0.130. The Morgan fingerprint density at radius 1 is 1.35 bits per heavy atom. The zero-order valence-electron chi connectivity index (χ0n) is 13.5. The summed E-state index contributed by atoms with van der Waals surface area (Å²) < 4.78 is 0. The van der Waals surface area contributed by atoms with Crippen molar-refractivity contribution in [3.05, 3.63) is 21.9 Å². The van der Waals surface area contributed by atoms with Crippen molar-refractivity contribution in [1.29, 1.82) is 0 Å². The molecule has 7 heteroatoms.